The Morgan fingerprint density at radius 1 is 1.00 bits per heavy atom. The van der Waals surface area contributed by atoms with E-state index in [0.29, 0.717) is 10.8 Å². The zero-order chi connectivity index (χ0) is 19.6. The summed E-state index contributed by atoms with van der Waals surface area (Å²) in [6.07, 6.45) is 0. The summed E-state index contributed by atoms with van der Waals surface area (Å²) in [5, 5.41) is 14.8. The first-order valence-corrected chi connectivity index (χ1v) is 9.33. The molecule has 0 bridgehead atoms. The van der Waals surface area contributed by atoms with E-state index >= 15 is 0 Å². The molecule has 27 heavy (non-hydrogen) atoms. The molecular weight excluding hydrogens is 370 g/mol. The Balaban J connectivity index is 2.22. The van der Waals surface area contributed by atoms with Gasteiger partial charge in [0.1, 0.15) is 5.69 Å². The van der Waals surface area contributed by atoms with Crippen LogP contribution in [-0.4, -0.2) is 19.2 Å². The second kappa shape index (κ2) is 7.04. The Kier molecular flexibility index (Phi) is 4.78. The highest BCUT2D eigenvalue weighted by Crippen LogP contribution is 2.39. The molecule has 0 aliphatic carbocycles. The predicted molar refractivity (Wildman–Crippen MR) is 102 cm³/mol. The molecule has 3 rings (SSSR count). The number of nitrogens with zero attached hydrogens (tertiary/aromatic N) is 1. The van der Waals surface area contributed by atoms with Crippen molar-refractivity contribution in [2.75, 3.05) is 10.0 Å². The van der Waals surface area contributed by atoms with Gasteiger partial charge in [-0.1, -0.05) is 42.5 Å². The number of nitro groups is 1. The second-order valence-electron chi connectivity index (χ2n) is 5.72. The minimum atomic E-state index is -3.94. The van der Waals surface area contributed by atoms with Crippen LogP contribution >= 0.6 is 0 Å². The van der Waals surface area contributed by atoms with Crippen molar-refractivity contribution in [2.24, 2.45) is 0 Å². The summed E-state index contributed by atoms with van der Waals surface area (Å²) in [6, 6.07) is 15.3. The molecule has 0 aliphatic rings. The number of amides is 1. The van der Waals surface area contributed by atoms with Crippen LogP contribution in [0.25, 0.3) is 10.8 Å². The number of fused-ring (bicyclic) bond motifs is 1. The third-order valence-corrected chi connectivity index (χ3v) is 5.20. The number of rotatable bonds is 5. The lowest BCUT2D eigenvalue weighted by Crippen LogP contribution is -2.14. The van der Waals surface area contributed by atoms with Gasteiger partial charge in [-0.3, -0.25) is 19.6 Å². The SMILES string of the molecule is CC(=O)Nc1c([N+](=O)[O-])cc(NS(=O)(=O)c2ccccc2)c2ccccc12. The first-order chi connectivity index (χ1) is 12.8. The van der Waals surface area contributed by atoms with Crippen molar-refractivity contribution in [3.8, 4) is 0 Å². The van der Waals surface area contributed by atoms with Crippen molar-refractivity contribution in [1.29, 1.82) is 0 Å². The summed E-state index contributed by atoms with van der Waals surface area (Å²) in [4.78, 5) is 22.4. The average molecular weight is 385 g/mol. The van der Waals surface area contributed by atoms with Crippen LogP contribution in [0.4, 0.5) is 17.1 Å². The first-order valence-electron chi connectivity index (χ1n) is 7.85. The van der Waals surface area contributed by atoms with Crippen LogP contribution < -0.4 is 10.0 Å². The van der Waals surface area contributed by atoms with Crippen LogP contribution in [0.15, 0.2) is 65.6 Å². The maximum atomic E-state index is 12.6. The average Bonchev–Trinajstić information content (AvgIpc) is 2.63. The van der Waals surface area contributed by atoms with Crippen LogP contribution in [0.1, 0.15) is 6.92 Å². The third kappa shape index (κ3) is 3.72. The Morgan fingerprint density at radius 2 is 1.59 bits per heavy atom. The monoisotopic (exact) mass is 385 g/mol. The Bertz CT molecular complexity index is 1140. The van der Waals surface area contributed by atoms with Crippen molar-refractivity contribution in [2.45, 2.75) is 11.8 Å². The van der Waals surface area contributed by atoms with Gasteiger partial charge in [0.05, 0.1) is 15.5 Å². The van der Waals surface area contributed by atoms with Gasteiger partial charge < -0.3 is 5.32 Å². The lowest BCUT2D eigenvalue weighted by Gasteiger charge is -2.14. The molecular formula is C18H15N3O5S. The Morgan fingerprint density at radius 3 is 2.19 bits per heavy atom. The molecule has 0 aliphatic heterocycles. The highest BCUT2D eigenvalue weighted by Gasteiger charge is 2.23. The molecule has 0 unspecified atom stereocenters. The zero-order valence-corrected chi connectivity index (χ0v) is 15.0. The third-order valence-electron chi connectivity index (χ3n) is 3.82. The van der Waals surface area contributed by atoms with E-state index in [1.165, 1.54) is 19.1 Å². The highest BCUT2D eigenvalue weighted by atomic mass is 32.2. The van der Waals surface area contributed by atoms with E-state index in [0.717, 1.165) is 6.07 Å². The fourth-order valence-corrected chi connectivity index (χ4v) is 3.79. The maximum absolute atomic E-state index is 12.6. The quantitative estimate of drug-likeness (QED) is 0.515. The number of carbonyl (C=O) groups is 1. The normalized spacial score (nSPS) is 11.1. The number of anilines is 2. The van der Waals surface area contributed by atoms with Gasteiger partial charge in [-0.15, -0.1) is 0 Å². The molecule has 0 atom stereocenters. The van der Waals surface area contributed by atoms with Crippen LogP contribution in [0.5, 0.6) is 0 Å². The Labute approximate surface area is 155 Å². The second-order valence-corrected chi connectivity index (χ2v) is 7.40. The van der Waals surface area contributed by atoms with E-state index < -0.39 is 26.5 Å². The smallest absolute Gasteiger partial charge is 0.295 e. The van der Waals surface area contributed by atoms with Gasteiger partial charge >= 0.3 is 0 Å². The number of nitro benzene ring substituents is 1. The number of sulfonamides is 1. The van der Waals surface area contributed by atoms with E-state index in [1.807, 2.05) is 0 Å². The number of carbonyl (C=O) groups excluding carboxylic acids is 1. The van der Waals surface area contributed by atoms with E-state index in [1.54, 1.807) is 42.5 Å². The fraction of sp³-hybridized carbons (Fsp3) is 0.0556. The first kappa shape index (κ1) is 18.3. The van der Waals surface area contributed by atoms with Gasteiger partial charge in [-0.25, -0.2) is 8.42 Å². The number of hydrogen-bond acceptors (Lipinski definition) is 5. The Hall–Kier alpha value is -3.46. The van der Waals surface area contributed by atoms with Gasteiger partial charge in [0.25, 0.3) is 15.7 Å². The molecule has 138 valence electrons. The predicted octanol–water partition coefficient (Wildman–Crippen LogP) is 3.51. The van der Waals surface area contributed by atoms with E-state index in [9.17, 15) is 23.3 Å². The van der Waals surface area contributed by atoms with Gasteiger partial charge in [0.15, 0.2) is 0 Å². The number of benzene rings is 3. The molecule has 3 aromatic rings. The van der Waals surface area contributed by atoms with Crippen LogP contribution in [-0.2, 0) is 14.8 Å². The van der Waals surface area contributed by atoms with Crippen LogP contribution in [0.3, 0.4) is 0 Å². The van der Waals surface area contributed by atoms with Crippen molar-refractivity contribution in [1.82, 2.24) is 0 Å². The molecule has 0 fully saturated rings. The van der Waals surface area contributed by atoms with Crippen molar-refractivity contribution >= 4 is 43.8 Å². The van der Waals surface area contributed by atoms with Crippen molar-refractivity contribution in [3.63, 3.8) is 0 Å². The van der Waals surface area contributed by atoms with Gasteiger partial charge in [-0.05, 0) is 12.1 Å². The van der Waals surface area contributed by atoms with Crippen LogP contribution in [0.2, 0.25) is 0 Å². The minimum absolute atomic E-state index is 0.0192. The number of hydrogen-bond donors (Lipinski definition) is 2. The standard InChI is InChI=1S/C18H15N3O5S/c1-12(22)19-18-15-10-6-5-9-14(15)16(11-17(18)21(23)24)20-27(25,26)13-7-3-2-4-8-13/h2-11,20H,1H3,(H,19,22). The van der Waals surface area contributed by atoms with E-state index in [-0.39, 0.29) is 16.3 Å². The highest BCUT2D eigenvalue weighted by molar-refractivity contribution is 7.92. The molecule has 9 heteroatoms. The van der Waals surface area contributed by atoms with Crippen LogP contribution in [0, 0.1) is 10.1 Å². The summed E-state index contributed by atoms with van der Waals surface area (Å²) < 4.78 is 27.7. The summed E-state index contributed by atoms with van der Waals surface area (Å²) in [6.45, 7) is 1.24. The summed E-state index contributed by atoms with van der Waals surface area (Å²) >= 11 is 0. The zero-order valence-electron chi connectivity index (χ0n) is 14.2. The summed E-state index contributed by atoms with van der Waals surface area (Å²) in [5.74, 6) is -0.471. The molecule has 0 spiro atoms. The summed E-state index contributed by atoms with van der Waals surface area (Å²) in [7, 11) is -3.94. The molecule has 1 amide bonds. The minimum Gasteiger partial charge on any atom is -0.320 e. The van der Waals surface area contributed by atoms with Crippen molar-refractivity contribution < 1.29 is 18.1 Å². The molecule has 3 aromatic carbocycles. The topological polar surface area (TPSA) is 118 Å². The maximum Gasteiger partial charge on any atom is 0.295 e. The lowest BCUT2D eigenvalue weighted by molar-refractivity contribution is -0.383. The molecule has 0 radical (unpaired) electrons. The fourth-order valence-electron chi connectivity index (χ4n) is 2.70. The van der Waals surface area contributed by atoms with Crippen molar-refractivity contribution in [3.05, 3.63) is 70.8 Å². The largest absolute Gasteiger partial charge is 0.320 e. The molecule has 0 heterocycles. The lowest BCUT2D eigenvalue weighted by atomic mass is 10.1. The summed E-state index contributed by atoms with van der Waals surface area (Å²) in [5.41, 5.74) is -0.337. The molecule has 0 saturated carbocycles. The van der Waals surface area contributed by atoms with Gasteiger partial charge in [0.2, 0.25) is 5.91 Å². The molecule has 0 saturated heterocycles. The van der Waals surface area contributed by atoms with E-state index in [4.69, 9.17) is 0 Å². The molecule has 2 N–H and O–H groups in total. The van der Waals surface area contributed by atoms with E-state index in [2.05, 4.69) is 10.0 Å². The molecule has 0 aromatic heterocycles. The van der Waals surface area contributed by atoms with Gasteiger partial charge in [0, 0.05) is 23.8 Å². The number of nitrogens with one attached hydrogen (secondary N) is 2. The van der Waals surface area contributed by atoms with Gasteiger partial charge in [-0.2, -0.15) is 0 Å². The molecule has 8 nitrogen and oxygen atoms in total.